The molecule has 10 nitrogen and oxygen atoms in total. The van der Waals surface area contributed by atoms with Crippen LogP contribution in [0.1, 0.15) is 46.1 Å². The molecule has 2 aromatic carbocycles. The summed E-state index contributed by atoms with van der Waals surface area (Å²) in [7, 11) is 2.78. The normalized spacial score (nSPS) is 16.6. The van der Waals surface area contributed by atoms with Gasteiger partial charge >= 0.3 is 12.0 Å². The van der Waals surface area contributed by atoms with Gasteiger partial charge in [0.25, 0.3) is 5.91 Å². The molecule has 1 aliphatic heterocycles. The molecule has 192 valence electrons. The SMILES string of the molecule is COC(=O)c1csc(NC(=O)[C@H]([C@@H](C)c2ccccc2)N2C(=O)NC(c3ccc(OC)c(C)c3)C2=O)n1. The van der Waals surface area contributed by atoms with Crippen molar-refractivity contribution in [2.75, 3.05) is 19.5 Å². The molecule has 1 saturated heterocycles. The second kappa shape index (κ2) is 10.8. The minimum absolute atomic E-state index is 0.0420. The summed E-state index contributed by atoms with van der Waals surface area (Å²) < 4.78 is 9.96. The average Bonchev–Trinajstić information content (AvgIpc) is 3.48. The number of amides is 4. The van der Waals surface area contributed by atoms with Gasteiger partial charge in [-0.15, -0.1) is 11.3 Å². The quantitative estimate of drug-likeness (QED) is 0.342. The molecule has 4 rings (SSSR count). The number of methoxy groups -OCH3 is 2. The van der Waals surface area contributed by atoms with Crippen LogP contribution in [0, 0.1) is 6.92 Å². The summed E-state index contributed by atoms with van der Waals surface area (Å²) >= 11 is 1.03. The van der Waals surface area contributed by atoms with E-state index in [2.05, 4.69) is 20.4 Å². The molecule has 11 heteroatoms. The zero-order valence-electron chi connectivity index (χ0n) is 20.7. The molecule has 0 radical (unpaired) electrons. The number of anilines is 1. The third-order valence-corrected chi connectivity index (χ3v) is 6.96. The van der Waals surface area contributed by atoms with Crippen LogP contribution in [-0.4, -0.2) is 54.0 Å². The Bertz CT molecular complexity index is 1340. The number of imide groups is 1. The van der Waals surface area contributed by atoms with Crippen molar-refractivity contribution < 1.29 is 28.7 Å². The molecule has 2 N–H and O–H groups in total. The standard InChI is InChI=1S/C26H26N4O6S/c1-14-12-17(10-11-19(14)35-3)20-23(32)30(26(34)28-20)21(15(2)16-8-6-5-7-9-16)22(31)29-25-27-18(13-37-25)24(33)36-4/h5-13,15,20-21H,1-4H3,(H,28,34)(H,27,29,31)/t15-,20?,21-/m0/s1. The lowest BCUT2D eigenvalue weighted by Crippen LogP contribution is -2.50. The molecule has 3 atom stereocenters. The van der Waals surface area contributed by atoms with E-state index >= 15 is 0 Å². The predicted molar refractivity (Wildman–Crippen MR) is 137 cm³/mol. The Kier molecular flexibility index (Phi) is 7.53. The maximum Gasteiger partial charge on any atom is 0.357 e. The van der Waals surface area contributed by atoms with Crippen LogP contribution < -0.4 is 15.4 Å². The maximum absolute atomic E-state index is 13.6. The summed E-state index contributed by atoms with van der Waals surface area (Å²) in [5.74, 6) is -1.70. The van der Waals surface area contributed by atoms with Crippen LogP contribution in [0.4, 0.5) is 9.93 Å². The van der Waals surface area contributed by atoms with E-state index in [-0.39, 0.29) is 10.8 Å². The minimum atomic E-state index is -1.19. The fourth-order valence-corrected chi connectivity index (χ4v) is 4.96. The van der Waals surface area contributed by atoms with Crippen LogP contribution in [0.25, 0.3) is 0 Å². The van der Waals surface area contributed by atoms with Crippen molar-refractivity contribution in [2.45, 2.75) is 31.8 Å². The van der Waals surface area contributed by atoms with Gasteiger partial charge in [-0.3, -0.25) is 9.59 Å². The summed E-state index contributed by atoms with van der Waals surface area (Å²) in [6.45, 7) is 3.61. The molecule has 3 aromatic rings. The molecule has 1 unspecified atom stereocenters. The molecule has 2 heterocycles. The van der Waals surface area contributed by atoms with Crippen molar-refractivity contribution in [2.24, 2.45) is 0 Å². The molecule has 0 aliphatic carbocycles. The van der Waals surface area contributed by atoms with Gasteiger partial charge in [-0.1, -0.05) is 43.3 Å². The minimum Gasteiger partial charge on any atom is -0.496 e. The van der Waals surface area contributed by atoms with E-state index in [4.69, 9.17) is 4.74 Å². The number of hydrogen-bond donors (Lipinski definition) is 2. The van der Waals surface area contributed by atoms with Gasteiger partial charge in [-0.2, -0.15) is 0 Å². The topological polar surface area (TPSA) is 127 Å². The maximum atomic E-state index is 13.6. The number of aryl methyl sites for hydroxylation is 1. The van der Waals surface area contributed by atoms with Gasteiger partial charge in [-0.05, 0) is 35.7 Å². The van der Waals surface area contributed by atoms with Crippen LogP contribution >= 0.6 is 11.3 Å². The fraction of sp³-hybridized carbons (Fsp3) is 0.269. The molecule has 1 fully saturated rings. The van der Waals surface area contributed by atoms with Crippen molar-refractivity contribution in [3.63, 3.8) is 0 Å². The highest BCUT2D eigenvalue weighted by Gasteiger charge is 2.47. The number of carbonyl (C=O) groups is 4. The number of aromatic nitrogens is 1. The lowest BCUT2D eigenvalue weighted by Gasteiger charge is -2.29. The average molecular weight is 523 g/mol. The smallest absolute Gasteiger partial charge is 0.357 e. The van der Waals surface area contributed by atoms with Crippen molar-refractivity contribution >= 4 is 40.3 Å². The Balaban J connectivity index is 1.67. The lowest BCUT2D eigenvalue weighted by molar-refractivity contribution is -0.134. The Morgan fingerprint density at radius 3 is 2.51 bits per heavy atom. The Morgan fingerprint density at radius 2 is 1.86 bits per heavy atom. The number of carbonyl (C=O) groups excluding carboxylic acids is 4. The Labute approximate surface area is 217 Å². The van der Waals surface area contributed by atoms with Crippen LogP contribution in [-0.2, 0) is 14.3 Å². The van der Waals surface area contributed by atoms with Crippen LogP contribution in [0.15, 0.2) is 53.9 Å². The van der Waals surface area contributed by atoms with Crippen LogP contribution in [0.3, 0.4) is 0 Å². The number of nitrogens with zero attached hydrogens (tertiary/aromatic N) is 2. The summed E-state index contributed by atoms with van der Waals surface area (Å²) in [5.41, 5.74) is 2.19. The summed E-state index contributed by atoms with van der Waals surface area (Å²) in [6, 6.07) is 11.5. The van der Waals surface area contributed by atoms with E-state index in [1.165, 1.54) is 12.5 Å². The highest BCUT2D eigenvalue weighted by atomic mass is 32.1. The third-order valence-electron chi connectivity index (χ3n) is 6.20. The third kappa shape index (κ3) is 5.17. The van der Waals surface area contributed by atoms with Crippen molar-refractivity contribution in [3.05, 3.63) is 76.3 Å². The van der Waals surface area contributed by atoms with Crippen LogP contribution in [0.2, 0.25) is 0 Å². The van der Waals surface area contributed by atoms with Gasteiger partial charge in [0.1, 0.15) is 17.8 Å². The first-order valence-corrected chi connectivity index (χ1v) is 12.3. The number of esters is 1. The Morgan fingerprint density at radius 1 is 1.14 bits per heavy atom. The van der Waals surface area contributed by atoms with E-state index in [0.29, 0.717) is 11.3 Å². The number of rotatable bonds is 8. The van der Waals surface area contributed by atoms with Gasteiger partial charge in [-0.25, -0.2) is 19.5 Å². The highest BCUT2D eigenvalue weighted by Crippen LogP contribution is 2.32. The van der Waals surface area contributed by atoms with Gasteiger partial charge in [0.2, 0.25) is 5.91 Å². The zero-order valence-corrected chi connectivity index (χ0v) is 21.5. The number of thiazole rings is 1. The first kappa shape index (κ1) is 25.8. The van der Waals surface area contributed by atoms with E-state index < -0.39 is 41.8 Å². The number of hydrogen-bond acceptors (Lipinski definition) is 8. The molecule has 1 aromatic heterocycles. The summed E-state index contributed by atoms with van der Waals surface area (Å²) in [5, 5.41) is 6.96. The highest BCUT2D eigenvalue weighted by molar-refractivity contribution is 7.14. The zero-order chi connectivity index (χ0) is 26.7. The van der Waals surface area contributed by atoms with Crippen molar-refractivity contribution in [3.8, 4) is 5.75 Å². The second-order valence-corrected chi connectivity index (χ2v) is 9.34. The largest absolute Gasteiger partial charge is 0.496 e. The van der Waals surface area contributed by atoms with E-state index in [1.807, 2.05) is 37.3 Å². The van der Waals surface area contributed by atoms with Crippen molar-refractivity contribution in [1.82, 2.24) is 15.2 Å². The van der Waals surface area contributed by atoms with Gasteiger partial charge in [0, 0.05) is 11.3 Å². The first-order valence-electron chi connectivity index (χ1n) is 11.4. The Hall–Kier alpha value is -4.25. The van der Waals surface area contributed by atoms with Crippen molar-refractivity contribution in [1.29, 1.82) is 0 Å². The molecule has 1 aliphatic rings. The number of nitrogens with one attached hydrogen (secondary N) is 2. The van der Waals surface area contributed by atoms with E-state index in [0.717, 1.165) is 27.4 Å². The van der Waals surface area contributed by atoms with Gasteiger partial charge in [0.15, 0.2) is 10.8 Å². The molecule has 0 spiro atoms. The lowest BCUT2D eigenvalue weighted by atomic mass is 9.91. The molecular weight excluding hydrogens is 496 g/mol. The van der Waals surface area contributed by atoms with Crippen LogP contribution in [0.5, 0.6) is 5.75 Å². The number of ether oxygens (including phenoxy) is 2. The predicted octanol–water partition coefficient (Wildman–Crippen LogP) is 3.65. The monoisotopic (exact) mass is 522 g/mol. The molecular formula is C26H26N4O6S. The van der Waals surface area contributed by atoms with Gasteiger partial charge < -0.3 is 20.1 Å². The van der Waals surface area contributed by atoms with Gasteiger partial charge in [0.05, 0.1) is 14.2 Å². The van der Waals surface area contributed by atoms with E-state index in [9.17, 15) is 19.2 Å². The molecule has 37 heavy (non-hydrogen) atoms. The number of benzene rings is 2. The summed E-state index contributed by atoms with van der Waals surface area (Å²) in [4.78, 5) is 57.2. The summed E-state index contributed by atoms with van der Waals surface area (Å²) in [6.07, 6.45) is 0. The molecule has 4 amide bonds. The molecule has 0 saturated carbocycles. The fourth-order valence-electron chi connectivity index (χ4n) is 4.28. The number of urea groups is 1. The molecule has 0 bridgehead atoms. The second-order valence-electron chi connectivity index (χ2n) is 8.48. The van der Waals surface area contributed by atoms with E-state index in [1.54, 1.807) is 32.2 Å². The first-order chi connectivity index (χ1) is 17.7.